The zero-order chi connectivity index (χ0) is 14.4. The predicted octanol–water partition coefficient (Wildman–Crippen LogP) is 3.43. The predicted molar refractivity (Wildman–Crippen MR) is 74.7 cm³/mol. The average Bonchev–Trinajstić information content (AvgIpc) is 2.44. The Balaban J connectivity index is 1.59. The Bertz CT molecular complexity index is 275. The summed E-state index contributed by atoms with van der Waals surface area (Å²) in [7, 11) is 0. The van der Waals surface area contributed by atoms with Gasteiger partial charge < -0.3 is 10.2 Å². The van der Waals surface area contributed by atoms with Crippen LogP contribution in [0.5, 0.6) is 0 Å². The van der Waals surface area contributed by atoms with E-state index in [2.05, 4.69) is 5.32 Å². The van der Waals surface area contributed by atoms with Crippen LogP contribution in [-0.4, -0.2) is 43.8 Å². The minimum absolute atomic E-state index is 0.189. The van der Waals surface area contributed by atoms with Crippen LogP contribution in [0.15, 0.2) is 0 Å². The molecule has 0 spiro atoms. The lowest BCUT2D eigenvalue weighted by Crippen LogP contribution is -2.44. The number of hydrogen-bond acceptors (Lipinski definition) is 2. The lowest BCUT2D eigenvalue weighted by molar-refractivity contribution is -0.186. The summed E-state index contributed by atoms with van der Waals surface area (Å²) in [6, 6.07) is 0. The van der Waals surface area contributed by atoms with Gasteiger partial charge in [0, 0.05) is 19.6 Å². The zero-order valence-electron chi connectivity index (χ0n) is 12.2. The molecule has 0 aromatic heterocycles. The van der Waals surface area contributed by atoms with E-state index in [-0.39, 0.29) is 6.54 Å². The molecule has 1 atom stereocenters. The topological polar surface area (TPSA) is 15.3 Å². The summed E-state index contributed by atoms with van der Waals surface area (Å²) in [6.07, 6.45) is 3.62. The van der Waals surface area contributed by atoms with E-state index >= 15 is 0 Å². The molecule has 1 saturated carbocycles. The molecule has 2 rings (SSSR count). The molecule has 2 fully saturated rings. The molecule has 1 saturated heterocycles. The van der Waals surface area contributed by atoms with Gasteiger partial charge in [-0.3, -0.25) is 0 Å². The number of halogens is 3. The maximum atomic E-state index is 12.7. The Kier molecular flexibility index (Phi) is 6.15. The molecule has 5 heteroatoms. The van der Waals surface area contributed by atoms with Gasteiger partial charge in [0.2, 0.25) is 0 Å². The highest BCUT2D eigenvalue weighted by Crippen LogP contribution is 2.32. The summed E-state index contributed by atoms with van der Waals surface area (Å²) < 4.78 is 38.1. The van der Waals surface area contributed by atoms with Crippen molar-refractivity contribution in [3.63, 3.8) is 0 Å². The monoisotopic (exact) mass is 292 g/mol. The summed E-state index contributed by atoms with van der Waals surface area (Å²) in [6.45, 7) is 3.61. The summed E-state index contributed by atoms with van der Waals surface area (Å²) >= 11 is 0. The third-order valence-corrected chi connectivity index (χ3v) is 4.73. The van der Waals surface area contributed by atoms with Crippen molar-refractivity contribution in [2.45, 2.75) is 51.1 Å². The Hall–Kier alpha value is -0.290. The fraction of sp³-hybridized carbons (Fsp3) is 1.00. The molecular weight excluding hydrogens is 265 g/mol. The Morgan fingerprint density at radius 3 is 2.45 bits per heavy atom. The highest BCUT2D eigenvalue weighted by atomic mass is 19.4. The molecular formula is C15H27F3N2. The minimum atomic E-state index is -4.02. The first-order valence-corrected chi connectivity index (χ1v) is 8.05. The number of nitrogens with zero attached hydrogens (tertiary/aromatic N) is 1. The van der Waals surface area contributed by atoms with Crippen LogP contribution in [0.2, 0.25) is 0 Å². The summed E-state index contributed by atoms with van der Waals surface area (Å²) in [5.41, 5.74) is 0. The smallest absolute Gasteiger partial charge is 0.315 e. The van der Waals surface area contributed by atoms with Gasteiger partial charge in [0.25, 0.3) is 0 Å². The lowest BCUT2D eigenvalue weighted by Gasteiger charge is -2.33. The molecule has 118 valence electrons. The van der Waals surface area contributed by atoms with Crippen LogP contribution in [0.3, 0.4) is 0 Å². The molecule has 0 amide bonds. The van der Waals surface area contributed by atoms with Gasteiger partial charge in [-0.2, -0.15) is 13.2 Å². The minimum Gasteiger partial charge on any atom is -0.315 e. The van der Waals surface area contributed by atoms with E-state index in [0.717, 1.165) is 32.1 Å². The van der Waals surface area contributed by atoms with Crippen LogP contribution in [-0.2, 0) is 0 Å². The van der Waals surface area contributed by atoms with Crippen LogP contribution < -0.4 is 5.32 Å². The van der Waals surface area contributed by atoms with Gasteiger partial charge in [0.15, 0.2) is 0 Å². The standard InChI is InChI=1S/C15H27F3N2/c16-15(17,18)14-7-4-9-20(12-14)10-8-19-11-13-5-2-1-3-6-13/h13-14,19H,1-12H2. The molecule has 0 aromatic rings. The largest absolute Gasteiger partial charge is 0.393 e. The van der Waals surface area contributed by atoms with E-state index in [1.807, 2.05) is 4.90 Å². The van der Waals surface area contributed by atoms with E-state index in [1.54, 1.807) is 0 Å². The first-order chi connectivity index (χ1) is 9.55. The normalized spacial score (nSPS) is 26.9. The zero-order valence-corrected chi connectivity index (χ0v) is 12.2. The van der Waals surface area contributed by atoms with Crippen molar-refractivity contribution in [3.8, 4) is 0 Å². The first kappa shape index (κ1) is 16.1. The lowest BCUT2D eigenvalue weighted by atomic mass is 9.89. The summed E-state index contributed by atoms with van der Waals surface area (Å²) in [5.74, 6) is -0.331. The molecule has 1 aliphatic heterocycles. The second-order valence-electron chi connectivity index (χ2n) is 6.39. The maximum absolute atomic E-state index is 12.7. The molecule has 2 aliphatic rings. The van der Waals surface area contributed by atoms with Crippen LogP contribution in [0, 0.1) is 11.8 Å². The van der Waals surface area contributed by atoms with E-state index in [4.69, 9.17) is 0 Å². The number of hydrogen-bond donors (Lipinski definition) is 1. The van der Waals surface area contributed by atoms with Gasteiger partial charge in [-0.15, -0.1) is 0 Å². The molecule has 2 nitrogen and oxygen atoms in total. The number of piperidine rings is 1. The number of nitrogens with one attached hydrogen (secondary N) is 1. The highest BCUT2D eigenvalue weighted by molar-refractivity contribution is 4.78. The van der Waals surface area contributed by atoms with Crippen LogP contribution in [0.4, 0.5) is 13.2 Å². The number of likely N-dealkylation sites (tertiary alicyclic amines) is 1. The molecule has 1 heterocycles. The van der Waals surface area contributed by atoms with Gasteiger partial charge >= 0.3 is 6.18 Å². The van der Waals surface area contributed by atoms with Crippen molar-refractivity contribution < 1.29 is 13.2 Å². The molecule has 0 bridgehead atoms. The number of rotatable bonds is 5. The molecule has 1 N–H and O–H groups in total. The van der Waals surface area contributed by atoms with Gasteiger partial charge in [-0.25, -0.2) is 0 Å². The average molecular weight is 292 g/mol. The first-order valence-electron chi connectivity index (χ1n) is 8.05. The third kappa shape index (κ3) is 5.24. The fourth-order valence-corrected chi connectivity index (χ4v) is 3.46. The second-order valence-corrected chi connectivity index (χ2v) is 6.39. The molecule has 1 aliphatic carbocycles. The number of alkyl halides is 3. The van der Waals surface area contributed by atoms with Crippen molar-refractivity contribution in [1.29, 1.82) is 0 Å². The Morgan fingerprint density at radius 2 is 1.75 bits per heavy atom. The summed E-state index contributed by atoms with van der Waals surface area (Å²) in [5, 5.41) is 3.43. The fourth-order valence-electron chi connectivity index (χ4n) is 3.46. The molecule has 0 aromatic carbocycles. The van der Waals surface area contributed by atoms with Gasteiger partial charge in [-0.1, -0.05) is 19.3 Å². The van der Waals surface area contributed by atoms with E-state index < -0.39 is 12.1 Å². The van der Waals surface area contributed by atoms with Crippen molar-refractivity contribution in [2.75, 3.05) is 32.7 Å². The van der Waals surface area contributed by atoms with E-state index in [1.165, 1.54) is 32.1 Å². The Labute approximate surface area is 120 Å². The SMILES string of the molecule is FC(F)(F)C1CCCN(CCNCC2CCCCC2)C1. The van der Waals surface area contributed by atoms with Crippen molar-refractivity contribution in [3.05, 3.63) is 0 Å². The third-order valence-electron chi connectivity index (χ3n) is 4.73. The highest BCUT2D eigenvalue weighted by Gasteiger charge is 2.41. The summed E-state index contributed by atoms with van der Waals surface area (Å²) in [4.78, 5) is 1.97. The molecule has 20 heavy (non-hydrogen) atoms. The van der Waals surface area contributed by atoms with E-state index in [9.17, 15) is 13.2 Å². The van der Waals surface area contributed by atoms with Gasteiger partial charge in [-0.05, 0) is 44.7 Å². The maximum Gasteiger partial charge on any atom is 0.393 e. The van der Waals surface area contributed by atoms with Gasteiger partial charge in [0.05, 0.1) is 5.92 Å². The Morgan fingerprint density at radius 1 is 1.00 bits per heavy atom. The molecule has 1 unspecified atom stereocenters. The van der Waals surface area contributed by atoms with Crippen molar-refractivity contribution in [1.82, 2.24) is 10.2 Å². The van der Waals surface area contributed by atoms with Crippen molar-refractivity contribution in [2.24, 2.45) is 11.8 Å². The van der Waals surface area contributed by atoms with E-state index in [0.29, 0.717) is 12.8 Å². The van der Waals surface area contributed by atoms with Crippen molar-refractivity contribution >= 4 is 0 Å². The van der Waals surface area contributed by atoms with Crippen LogP contribution in [0.1, 0.15) is 44.9 Å². The van der Waals surface area contributed by atoms with Crippen LogP contribution in [0.25, 0.3) is 0 Å². The second kappa shape index (κ2) is 7.64. The quantitative estimate of drug-likeness (QED) is 0.781. The molecule has 0 radical (unpaired) electrons. The van der Waals surface area contributed by atoms with Crippen LogP contribution >= 0.6 is 0 Å². The van der Waals surface area contributed by atoms with Gasteiger partial charge in [0.1, 0.15) is 0 Å².